The van der Waals surface area contributed by atoms with Crippen LogP contribution in [0, 0.1) is 5.41 Å². The largest absolute Gasteiger partial charge is 0.504 e. The van der Waals surface area contributed by atoms with Gasteiger partial charge in [-0.05, 0) is 42.9 Å². The fourth-order valence-electron chi connectivity index (χ4n) is 2.93. The first-order valence-corrected chi connectivity index (χ1v) is 7.54. The predicted molar refractivity (Wildman–Crippen MR) is 82.6 cm³/mol. The molecule has 6 nitrogen and oxygen atoms in total. The Labute approximate surface area is 133 Å². The van der Waals surface area contributed by atoms with E-state index in [1.165, 1.54) is 12.1 Å². The smallest absolute Gasteiger partial charge is 0.358 e. The third kappa shape index (κ3) is 3.31. The molecular formula is C17H19NO5. The van der Waals surface area contributed by atoms with Crippen molar-refractivity contribution in [3.8, 4) is 22.8 Å². The number of hydrogen-bond acceptors (Lipinski definition) is 5. The predicted octanol–water partition coefficient (Wildman–Crippen LogP) is 3.70. The number of phenols is 1. The zero-order valence-electron chi connectivity index (χ0n) is 13.1. The van der Waals surface area contributed by atoms with Gasteiger partial charge in [0.15, 0.2) is 23.0 Å². The van der Waals surface area contributed by atoms with E-state index in [0.717, 1.165) is 19.3 Å². The van der Waals surface area contributed by atoms with E-state index in [1.807, 2.05) is 0 Å². The molecule has 2 N–H and O–H groups in total. The van der Waals surface area contributed by atoms with E-state index in [4.69, 9.17) is 14.4 Å². The first-order valence-electron chi connectivity index (χ1n) is 7.54. The van der Waals surface area contributed by atoms with Crippen LogP contribution in [0.5, 0.6) is 11.5 Å². The maximum absolute atomic E-state index is 10.9. The molecule has 0 aliphatic heterocycles. The van der Waals surface area contributed by atoms with Gasteiger partial charge in [-0.15, -0.1) is 0 Å². The van der Waals surface area contributed by atoms with Gasteiger partial charge in [0.05, 0.1) is 6.10 Å². The number of rotatable bonds is 4. The highest BCUT2D eigenvalue weighted by Crippen LogP contribution is 2.41. The Kier molecular flexibility index (Phi) is 3.75. The summed E-state index contributed by atoms with van der Waals surface area (Å²) in [5.74, 6) is -0.405. The van der Waals surface area contributed by atoms with Crippen molar-refractivity contribution in [2.24, 2.45) is 5.41 Å². The minimum absolute atomic E-state index is 0.0522. The first-order chi connectivity index (χ1) is 10.8. The van der Waals surface area contributed by atoms with Gasteiger partial charge in [-0.3, -0.25) is 0 Å². The minimum atomic E-state index is -1.15. The molecule has 0 bridgehead atoms. The third-order valence-electron chi connectivity index (χ3n) is 4.19. The van der Waals surface area contributed by atoms with E-state index in [9.17, 15) is 9.90 Å². The van der Waals surface area contributed by atoms with Crippen LogP contribution >= 0.6 is 0 Å². The molecule has 1 aromatic carbocycles. The number of carboxylic acids is 1. The first kappa shape index (κ1) is 15.4. The summed E-state index contributed by atoms with van der Waals surface area (Å²) in [6, 6.07) is 6.13. The van der Waals surface area contributed by atoms with E-state index < -0.39 is 5.97 Å². The normalized spacial score (nSPS) is 19.7. The Hall–Kier alpha value is -2.50. The second kappa shape index (κ2) is 5.61. The summed E-state index contributed by atoms with van der Waals surface area (Å²) in [4.78, 5) is 10.9. The van der Waals surface area contributed by atoms with Crippen molar-refractivity contribution in [1.29, 1.82) is 0 Å². The van der Waals surface area contributed by atoms with Gasteiger partial charge in [-0.2, -0.15) is 0 Å². The molecule has 122 valence electrons. The quantitative estimate of drug-likeness (QED) is 0.893. The number of hydrogen-bond donors (Lipinski definition) is 2. The Morgan fingerprint density at radius 2 is 2.17 bits per heavy atom. The summed E-state index contributed by atoms with van der Waals surface area (Å²) in [6.07, 6.45) is 3.03. The molecule has 0 spiro atoms. The number of nitrogens with zero attached hydrogens (tertiary/aromatic N) is 1. The van der Waals surface area contributed by atoms with Crippen LogP contribution in [0.25, 0.3) is 11.3 Å². The summed E-state index contributed by atoms with van der Waals surface area (Å²) in [5, 5.41) is 22.4. The number of aromatic carboxylic acids is 1. The standard InChI is InChI=1S/C17H19NO5/c1-17(2)6-5-11(9-17)22-15-7-10(3-4-13(15)19)14-8-12(16(20)21)18-23-14/h3-4,7-8,11,19H,5-6,9H2,1-2H3,(H,20,21). The molecule has 23 heavy (non-hydrogen) atoms. The highest BCUT2D eigenvalue weighted by molar-refractivity contribution is 5.86. The Morgan fingerprint density at radius 1 is 1.39 bits per heavy atom. The SMILES string of the molecule is CC1(C)CCC(Oc2cc(-c3cc(C(=O)O)no3)ccc2O)C1. The Bertz CT molecular complexity index is 734. The summed E-state index contributed by atoms with van der Waals surface area (Å²) >= 11 is 0. The molecule has 1 atom stereocenters. The van der Waals surface area contributed by atoms with Gasteiger partial charge in [-0.25, -0.2) is 4.79 Å². The Morgan fingerprint density at radius 3 is 2.78 bits per heavy atom. The lowest BCUT2D eigenvalue weighted by molar-refractivity contribution is 0.0686. The van der Waals surface area contributed by atoms with Crippen molar-refractivity contribution in [3.63, 3.8) is 0 Å². The monoisotopic (exact) mass is 317 g/mol. The molecule has 1 unspecified atom stereocenters. The number of carboxylic acid groups (broad SMARTS) is 1. The molecule has 1 fully saturated rings. The lowest BCUT2D eigenvalue weighted by Gasteiger charge is -2.18. The molecule has 2 aromatic rings. The summed E-state index contributed by atoms with van der Waals surface area (Å²) < 4.78 is 11.0. The molecule has 3 rings (SSSR count). The van der Waals surface area contributed by atoms with Crippen molar-refractivity contribution in [1.82, 2.24) is 5.16 Å². The minimum Gasteiger partial charge on any atom is -0.504 e. The fraction of sp³-hybridized carbons (Fsp3) is 0.412. The van der Waals surface area contributed by atoms with Crippen LogP contribution in [0.15, 0.2) is 28.8 Å². The van der Waals surface area contributed by atoms with Crippen LogP contribution in [-0.4, -0.2) is 27.4 Å². The molecule has 0 amide bonds. The molecule has 6 heteroatoms. The number of aromatic nitrogens is 1. The highest BCUT2D eigenvalue weighted by Gasteiger charge is 2.32. The zero-order chi connectivity index (χ0) is 16.6. The average molecular weight is 317 g/mol. The van der Waals surface area contributed by atoms with E-state index in [2.05, 4.69) is 19.0 Å². The summed E-state index contributed by atoms with van der Waals surface area (Å²) in [5.41, 5.74) is 0.697. The van der Waals surface area contributed by atoms with Gasteiger partial charge < -0.3 is 19.5 Å². The number of phenolic OH excluding ortho intramolecular Hbond substituents is 1. The fourth-order valence-corrected chi connectivity index (χ4v) is 2.93. The number of aromatic hydroxyl groups is 1. The van der Waals surface area contributed by atoms with Gasteiger partial charge in [0.25, 0.3) is 0 Å². The topological polar surface area (TPSA) is 92.8 Å². The molecule has 1 aliphatic carbocycles. The van der Waals surface area contributed by atoms with Crippen molar-refractivity contribution >= 4 is 5.97 Å². The van der Waals surface area contributed by atoms with E-state index in [0.29, 0.717) is 17.1 Å². The van der Waals surface area contributed by atoms with Crippen molar-refractivity contribution in [3.05, 3.63) is 30.0 Å². The summed E-state index contributed by atoms with van der Waals surface area (Å²) in [7, 11) is 0. The van der Waals surface area contributed by atoms with Crippen molar-refractivity contribution in [2.45, 2.75) is 39.2 Å². The Balaban J connectivity index is 1.82. The maximum atomic E-state index is 10.9. The van der Waals surface area contributed by atoms with E-state index >= 15 is 0 Å². The maximum Gasteiger partial charge on any atom is 0.358 e. The van der Waals surface area contributed by atoms with Gasteiger partial charge in [0.2, 0.25) is 0 Å². The van der Waals surface area contributed by atoms with E-state index in [-0.39, 0.29) is 23.0 Å². The van der Waals surface area contributed by atoms with Crippen LogP contribution in [-0.2, 0) is 0 Å². The second-order valence-corrected chi connectivity index (χ2v) is 6.71. The molecule has 0 radical (unpaired) electrons. The number of benzene rings is 1. The lowest BCUT2D eigenvalue weighted by Crippen LogP contribution is -2.14. The molecule has 0 saturated heterocycles. The zero-order valence-corrected chi connectivity index (χ0v) is 13.1. The summed E-state index contributed by atoms with van der Waals surface area (Å²) in [6.45, 7) is 4.41. The van der Waals surface area contributed by atoms with Gasteiger partial charge in [0, 0.05) is 11.6 Å². The third-order valence-corrected chi connectivity index (χ3v) is 4.19. The molecule has 1 aliphatic rings. The van der Waals surface area contributed by atoms with Crippen LogP contribution in [0.1, 0.15) is 43.6 Å². The molecule has 1 saturated carbocycles. The lowest BCUT2D eigenvalue weighted by atomic mass is 9.92. The number of carbonyl (C=O) groups is 1. The van der Waals surface area contributed by atoms with E-state index in [1.54, 1.807) is 12.1 Å². The second-order valence-electron chi connectivity index (χ2n) is 6.71. The van der Waals surface area contributed by atoms with Crippen molar-refractivity contribution < 1.29 is 24.3 Å². The van der Waals surface area contributed by atoms with Crippen LogP contribution in [0.2, 0.25) is 0 Å². The molecule has 1 heterocycles. The van der Waals surface area contributed by atoms with Gasteiger partial charge in [-0.1, -0.05) is 19.0 Å². The van der Waals surface area contributed by atoms with Gasteiger partial charge in [0.1, 0.15) is 0 Å². The average Bonchev–Trinajstić information content (AvgIpc) is 3.08. The van der Waals surface area contributed by atoms with Crippen LogP contribution in [0.4, 0.5) is 0 Å². The van der Waals surface area contributed by atoms with Gasteiger partial charge >= 0.3 is 5.97 Å². The molecular weight excluding hydrogens is 298 g/mol. The highest BCUT2D eigenvalue weighted by atomic mass is 16.5. The number of ether oxygens (including phenoxy) is 1. The van der Waals surface area contributed by atoms with Crippen LogP contribution in [0.3, 0.4) is 0 Å². The molecule has 1 aromatic heterocycles. The van der Waals surface area contributed by atoms with Crippen molar-refractivity contribution in [2.75, 3.05) is 0 Å². The van der Waals surface area contributed by atoms with Crippen LogP contribution < -0.4 is 4.74 Å².